The number of hydrogen-bond donors (Lipinski definition) is 1. The first-order valence-electron chi connectivity index (χ1n) is 7.52. The molecule has 1 saturated heterocycles. The van der Waals surface area contributed by atoms with Crippen LogP contribution in [-0.2, 0) is 4.74 Å². The van der Waals surface area contributed by atoms with E-state index in [0.717, 1.165) is 45.7 Å². The summed E-state index contributed by atoms with van der Waals surface area (Å²) < 4.78 is 5.51. The van der Waals surface area contributed by atoms with Gasteiger partial charge >= 0.3 is 0 Å². The highest BCUT2D eigenvalue weighted by molar-refractivity contribution is 5.03. The maximum atomic E-state index is 9.30. The van der Waals surface area contributed by atoms with E-state index >= 15 is 0 Å². The molecule has 1 aliphatic heterocycles. The molecule has 1 fully saturated rings. The maximum absolute atomic E-state index is 9.30. The number of nitriles is 1. The largest absolute Gasteiger partial charge is 0.381 e. The molecule has 0 amide bonds. The lowest BCUT2D eigenvalue weighted by Gasteiger charge is -2.30. The molecule has 1 aliphatic rings. The van der Waals surface area contributed by atoms with Gasteiger partial charge in [-0.15, -0.1) is 0 Å². The van der Waals surface area contributed by atoms with Crippen molar-refractivity contribution in [2.24, 2.45) is 5.92 Å². The normalized spacial score (nSPS) is 23.0. The van der Waals surface area contributed by atoms with Gasteiger partial charge in [0.2, 0.25) is 0 Å². The summed E-state index contributed by atoms with van der Waals surface area (Å²) in [7, 11) is 2.15. The Bertz CT molecular complexity index is 284. The van der Waals surface area contributed by atoms with Crippen molar-refractivity contribution in [1.82, 2.24) is 10.2 Å². The molecule has 0 spiro atoms. The van der Waals surface area contributed by atoms with Gasteiger partial charge in [0.1, 0.15) is 5.54 Å². The van der Waals surface area contributed by atoms with Gasteiger partial charge in [-0.25, -0.2) is 0 Å². The summed E-state index contributed by atoms with van der Waals surface area (Å²) in [5.74, 6) is 0.663. The summed E-state index contributed by atoms with van der Waals surface area (Å²) in [6.07, 6.45) is 4.39. The highest BCUT2D eigenvalue weighted by atomic mass is 16.5. The van der Waals surface area contributed by atoms with Crippen LogP contribution in [0.2, 0.25) is 0 Å². The average molecular weight is 267 g/mol. The van der Waals surface area contributed by atoms with Crippen LogP contribution in [0.1, 0.15) is 39.5 Å². The molecular formula is C15H29N3O. The maximum Gasteiger partial charge on any atom is 0.105 e. The Morgan fingerprint density at radius 3 is 2.89 bits per heavy atom. The molecule has 4 heteroatoms. The van der Waals surface area contributed by atoms with Crippen molar-refractivity contribution in [2.75, 3.05) is 39.9 Å². The first-order chi connectivity index (χ1) is 9.09. The van der Waals surface area contributed by atoms with Crippen LogP contribution < -0.4 is 5.32 Å². The molecule has 19 heavy (non-hydrogen) atoms. The average Bonchev–Trinajstić information content (AvgIpc) is 2.44. The summed E-state index contributed by atoms with van der Waals surface area (Å²) in [5.41, 5.74) is -0.396. The van der Waals surface area contributed by atoms with Gasteiger partial charge in [0.25, 0.3) is 0 Å². The van der Waals surface area contributed by atoms with Crippen LogP contribution in [0.3, 0.4) is 0 Å². The third kappa shape index (κ3) is 6.38. The number of hydrogen-bond acceptors (Lipinski definition) is 4. The molecule has 110 valence electrons. The molecule has 0 aliphatic carbocycles. The first-order valence-corrected chi connectivity index (χ1v) is 7.52. The molecule has 0 bridgehead atoms. The standard InChI is InChI=1S/C15H29N3O/c1-4-8-17-15(2,13-16)7-9-18(3)11-14-6-5-10-19-12-14/h14,17H,4-12H2,1-3H3. The number of nitrogens with zero attached hydrogens (tertiary/aromatic N) is 2. The zero-order chi connectivity index (χ0) is 14.1. The van der Waals surface area contributed by atoms with Crippen LogP contribution in [0.25, 0.3) is 0 Å². The summed E-state index contributed by atoms with van der Waals surface area (Å²) in [6.45, 7) is 8.89. The summed E-state index contributed by atoms with van der Waals surface area (Å²) in [4.78, 5) is 2.34. The Morgan fingerprint density at radius 1 is 1.53 bits per heavy atom. The van der Waals surface area contributed by atoms with E-state index in [-0.39, 0.29) is 0 Å². The number of nitrogens with one attached hydrogen (secondary N) is 1. The number of rotatable bonds is 8. The van der Waals surface area contributed by atoms with Gasteiger partial charge in [-0.05, 0) is 52.1 Å². The van der Waals surface area contributed by atoms with Gasteiger partial charge in [-0.1, -0.05) is 6.92 Å². The lowest BCUT2D eigenvalue weighted by Crippen LogP contribution is -2.44. The van der Waals surface area contributed by atoms with Crippen molar-refractivity contribution in [1.29, 1.82) is 5.26 Å². The van der Waals surface area contributed by atoms with Crippen molar-refractivity contribution in [3.05, 3.63) is 0 Å². The Hall–Kier alpha value is -0.630. The minimum absolute atomic E-state index is 0.396. The second kappa shape index (κ2) is 8.52. The molecule has 0 aromatic rings. The molecule has 1 heterocycles. The minimum atomic E-state index is -0.396. The van der Waals surface area contributed by atoms with Gasteiger partial charge in [-0.3, -0.25) is 5.32 Å². The molecule has 0 radical (unpaired) electrons. The van der Waals surface area contributed by atoms with Crippen LogP contribution in [0.4, 0.5) is 0 Å². The van der Waals surface area contributed by atoms with Crippen LogP contribution >= 0.6 is 0 Å². The fourth-order valence-corrected chi connectivity index (χ4v) is 2.48. The van der Waals surface area contributed by atoms with E-state index in [1.165, 1.54) is 12.8 Å². The molecule has 4 nitrogen and oxygen atoms in total. The fourth-order valence-electron chi connectivity index (χ4n) is 2.48. The second-order valence-electron chi connectivity index (χ2n) is 5.97. The topological polar surface area (TPSA) is 48.3 Å². The van der Waals surface area contributed by atoms with Crippen molar-refractivity contribution in [3.63, 3.8) is 0 Å². The molecule has 1 N–H and O–H groups in total. The SMILES string of the molecule is CCCNC(C)(C#N)CCN(C)CC1CCCOC1. The zero-order valence-electron chi connectivity index (χ0n) is 12.7. The van der Waals surface area contributed by atoms with Crippen LogP contribution in [0, 0.1) is 17.2 Å². The monoisotopic (exact) mass is 267 g/mol. The predicted molar refractivity (Wildman–Crippen MR) is 78.0 cm³/mol. The van der Waals surface area contributed by atoms with Gasteiger partial charge < -0.3 is 9.64 Å². The van der Waals surface area contributed by atoms with Crippen molar-refractivity contribution in [2.45, 2.75) is 45.1 Å². The predicted octanol–water partition coefficient (Wildman–Crippen LogP) is 2.02. The van der Waals surface area contributed by atoms with Crippen molar-refractivity contribution < 1.29 is 4.74 Å². The van der Waals surface area contributed by atoms with Crippen LogP contribution in [-0.4, -0.2) is 50.3 Å². The van der Waals surface area contributed by atoms with Crippen molar-refractivity contribution >= 4 is 0 Å². The first kappa shape index (κ1) is 16.4. The van der Waals surface area contributed by atoms with E-state index in [1.807, 2.05) is 6.92 Å². The smallest absolute Gasteiger partial charge is 0.105 e. The van der Waals surface area contributed by atoms with E-state index in [0.29, 0.717) is 5.92 Å². The third-order valence-corrected chi connectivity index (χ3v) is 3.83. The molecule has 2 unspecified atom stereocenters. The van der Waals surface area contributed by atoms with E-state index < -0.39 is 5.54 Å². The quantitative estimate of drug-likeness (QED) is 0.731. The summed E-state index contributed by atoms with van der Waals surface area (Å²) in [6, 6.07) is 2.41. The van der Waals surface area contributed by atoms with E-state index in [4.69, 9.17) is 4.74 Å². The molecule has 0 aromatic carbocycles. The zero-order valence-corrected chi connectivity index (χ0v) is 12.7. The van der Waals surface area contributed by atoms with Crippen molar-refractivity contribution in [3.8, 4) is 6.07 Å². The second-order valence-corrected chi connectivity index (χ2v) is 5.97. The number of ether oxygens (including phenoxy) is 1. The highest BCUT2D eigenvalue weighted by Crippen LogP contribution is 2.15. The Morgan fingerprint density at radius 2 is 2.32 bits per heavy atom. The van der Waals surface area contributed by atoms with E-state index in [1.54, 1.807) is 0 Å². The lowest BCUT2D eigenvalue weighted by atomic mass is 9.98. The van der Waals surface area contributed by atoms with Gasteiger partial charge in [0, 0.05) is 19.7 Å². The Kier molecular flexibility index (Phi) is 7.37. The van der Waals surface area contributed by atoms with Gasteiger partial charge in [0.15, 0.2) is 0 Å². The Balaban J connectivity index is 2.27. The third-order valence-electron chi connectivity index (χ3n) is 3.83. The van der Waals surface area contributed by atoms with Gasteiger partial charge in [-0.2, -0.15) is 5.26 Å². The fraction of sp³-hybridized carbons (Fsp3) is 0.933. The molecule has 1 rings (SSSR count). The highest BCUT2D eigenvalue weighted by Gasteiger charge is 2.23. The van der Waals surface area contributed by atoms with Crippen LogP contribution in [0.5, 0.6) is 0 Å². The Labute approximate surface area is 118 Å². The molecule has 2 atom stereocenters. The van der Waals surface area contributed by atoms with E-state index in [9.17, 15) is 5.26 Å². The van der Waals surface area contributed by atoms with Gasteiger partial charge in [0.05, 0.1) is 12.7 Å². The molecule has 0 saturated carbocycles. The van der Waals surface area contributed by atoms with Crippen LogP contribution in [0.15, 0.2) is 0 Å². The minimum Gasteiger partial charge on any atom is -0.381 e. The molecular weight excluding hydrogens is 238 g/mol. The molecule has 0 aromatic heterocycles. The van der Waals surface area contributed by atoms with E-state index in [2.05, 4.69) is 30.3 Å². The lowest BCUT2D eigenvalue weighted by molar-refractivity contribution is 0.0414. The summed E-state index contributed by atoms with van der Waals surface area (Å²) >= 11 is 0. The summed E-state index contributed by atoms with van der Waals surface area (Å²) in [5, 5.41) is 12.6.